The van der Waals surface area contributed by atoms with Crippen molar-refractivity contribution in [2.45, 2.75) is 0 Å². The van der Waals surface area contributed by atoms with Crippen LogP contribution in [0.25, 0.3) is 0 Å². The molecule has 0 aliphatic heterocycles. The van der Waals surface area contributed by atoms with Gasteiger partial charge < -0.3 is 14.5 Å². The maximum Gasteiger partial charge on any atom is 0.358 e. The van der Waals surface area contributed by atoms with Gasteiger partial charge in [0, 0.05) is 7.11 Å². The summed E-state index contributed by atoms with van der Waals surface area (Å²) in [7, 11) is -2.65. The molecule has 6 heteroatoms. The van der Waals surface area contributed by atoms with Crippen molar-refractivity contribution in [2.24, 2.45) is 0 Å². The van der Waals surface area contributed by atoms with Crippen LogP contribution in [0.5, 0.6) is 0 Å². The molecule has 0 bridgehead atoms. The second-order valence-electron chi connectivity index (χ2n) is 2.56. The number of benzene rings is 1. The van der Waals surface area contributed by atoms with Crippen molar-refractivity contribution in [1.29, 1.82) is 0 Å². The Morgan fingerprint density at radius 3 is 2.21 bits per heavy atom. The molecular weight excluding hydrogens is 207 g/mol. The molecule has 14 heavy (non-hydrogen) atoms. The topological polar surface area (TPSA) is 83.8 Å². The van der Waals surface area contributed by atoms with E-state index < -0.39 is 13.6 Å². The molecule has 1 rings (SSSR count). The molecule has 1 aromatic carbocycles. The van der Waals surface area contributed by atoms with E-state index in [0.717, 1.165) is 7.11 Å². The lowest BCUT2D eigenvalue weighted by molar-refractivity contribution is 0.0697. The SMILES string of the molecule is COP(=O)(O)c1ccc(C(=O)O)cc1. The van der Waals surface area contributed by atoms with Gasteiger partial charge in [-0.15, -0.1) is 0 Å². The van der Waals surface area contributed by atoms with Gasteiger partial charge in [-0.05, 0) is 24.3 Å². The fourth-order valence-corrected chi connectivity index (χ4v) is 1.63. The summed E-state index contributed by atoms with van der Waals surface area (Å²) in [6, 6.07) is 5.01. The largest absolute Gasteiger partial charge is 0.478 e. The molecule has 76 valence electrons. The number of hydrogen-bond donors (Lipinski definition) is 2. The van der Waals surface area contributed by atoms with Crippen molar-refractivity contribution in [2.75, 3.05) is 7.11 Å². The fraction of sp³-hybridized carbons (Fsp3) is 0.125. The first-order valence-electron chi connectivity index (χ1n) is 3.70. The summed E-state index contributed by atoms with van der Waals surface area (Å²) in [6.45, 7) is 0. The van der Waals surface area contributed by atoms with Crippen LogP contribution in [0.2, 0.25) is 0 Å². The van der Waals surface area contributed by atoms with Crippen molar-refractivity contribution in [1.82, 2.24) is 0 Å². The van der Waals surface area contributed by atoms with Crippen LogP contribution < -0.4 is 5.30 Å². The molecule has 0 radical (unpaired) electrons. The molecule has 5 nitrogen and oxygen atoms in total. The summed E-state index contributed by atoms with van der Waals surface area (Å²) in [5, 5.41) is 8.65. The number of rotatable bonds is 3. The van der Waals surface area contributed by atoms with Crippen molar-refractivity contribution in [3.05, 3.63) is 29.8 Å². The molecule has 0 aromatic heterocycles. The lowest BCUT2D eigenvalue weighted by atomic mass is 10.2. The van der Waals surface area contributed by atoms with E-state index >= 15 is 0 Å². The molecule has 0 aliphatic carbocycles. The summed E-state index contributed by atoms with van der Waals surface area (Å²) in [5.74, 6) is -1.08. The lowest BCUT2D eigenvalue weighted by Crippen LogP contribution is -2.07. The minimum absolute atomic E-state index is 0.0600. The summed E-state index contributed by atoms with van der Waals surface area (Å²) < 4.78 is 15.6. The molecule has 1 unspecified atom stereocenters. The molecule has 2 N–H and O–H groups in total. The number of hydrogen-bond acceptors (Lipinski definition) is 3. The van der Waals surface area contributed by atoms with Crippen LogP contribution in [-0.2, 0) is 9.09 Å². The molecule has 0 fully saturated rings. The highest BCUT2D eigenvalue weighted by atomic mass is 31.2. The van der Waals surface area contributed by atoms with Crippen LogP contribution in [0, 0.1) is 0 Å². The van der Waals surface area contributed by atoms with Gasteiger partial charge in [-0.25, -0.2) is 4.79 Å². The van der Waals surface area contributed by atoms with Crippen LogP contribution in [0.3, 0.4) is 0 Å². The maximum absolute atomic E-state index is 11.3. The van der Waals surface area contributed by atoms with E-state index in [1.165, 1.54) is 24.3 Å². The summed E-state index contributed by atoms with van der Waals surface area (Å²) in [6.07, 6.45) is 0. The quantitative estimate of drug-likeness (QED) is 0.731. The predicted molar refractivity (Wildman–Crippen MR) is 49.9 cm³/mol. The van der Waals surface area contributed by atoms with E-state index in [4.69, 9.17) is 5.11 Å². The Balaban J connectivity index is 3.06. The summed E-state index contributed by atoms with van der Waals surface area (Å²) in [5.41, 5.74) is 0.0600. The predicted octanol–water partition coefficient (Wildman–Crippen LogP) is 0.842. The first kappa shape index (κ1) is 10.9. The van der Waals surface area contributed by atoms with Gasteiger partial charge in [-0.3, -0.25) is 4.57 Å². The fourth-order valence-electron chi connectivity index (χ4n) is 0.898. The molecule has 0 aliphatic rings. The number of aromatic carboxylic acids is 1. The number of carboxylic acids is 1. The van der Waals surface area contributed by atoms with Crippen molar-refractivity contribution >= 4 is 18.9 Å². The Bertz CT molecular complexity index is 383. The van der Waals surface area contributed by atoms with Gasteiger partial charge in [0.25, 0.3) is 0 Å². The normalized spacial score (nSPS) is 14.7. The first-order chi connectivity index (χ1) is 6.47. The van der Waals surface area contributed by atoms with Gasteiger partial charge in [0.15, 0.2) is 0 Å². The highest BCUT2D eigenvalue weighted by molar-refractivity contribution is 7.61. The maximum atomic E-state index is 11.3. The zero-order valence-corrected chi connectivity index (χ0v) is 8.27. The molecule has 0 saturated carbocycles. The van der Waals surface area contributed by atoms with E-state index in [1.807, 2.05) is 0 Å². The third kappa shape index (κ3) is 2.20. The highest BCUT2D eigenvalue weighted by Crippen LogP contribution is 2.39. The Morgan fingerprint density at radius 1 is 1.36 bits per heavy atom. The molecular formula is C8H9O5P. The highest BCUT2D eigenvalue weighted by Gasteiger charge is 2.20. The molecule has 0 heterocycles. The van der Waals surface area contributed by atoms with Crippen LogP contribution >= 0.6 is 7.60 Å². The van der Waals surface area contributed by atoms with Crippen LogP contribution in [0.15, 0.2) is 24.3 Å². The number of carbonyl (C=O) groups is 1. The molecule has 0 saturated heterocycles. The first-order valence-corrected chi connectivity index (χ1v) is 5.27. The zero-order valence-electron chi connectivity index (χ0n) is 7.38. The van der Waals surface area contributed by atoms with E-state index in [0.29, 0.717) is 0 Å². The Morgan fingerprint density at radius 2 is 1.86 bits per heavy atom. The van der Waals surface area contributed by atoms with Gasteiger partial charge in [-0.1, -0.05) is 0 Å². The van der Waals surface area contributed by atoms with Gasteiger partial charge in [0.2, 0.25) is 0 Å². The van der Waals surface area contributed by atoms with Crippen LogP contribution in [-0.4, -0.2) is 23.1 Å². The van der Waals surface area contributed by atoms with Crippen LogP contribution in [0.4, 0.5) is 0 Å². The van der Waals surface area contributed by atoms with E-state index in [2.05, 4.69) is 4.52 Å². The number of carboxylic acid groups (broad SMARTS) is 1. The molecule has 0 spiro atoms. The van der Waals surface area contributed by atoms with E-state index in [9.17, 15) is 14.3 Å². The van der Waals surface area contributed by atoms with Gasteiger partial charge in [0.1, 0.15) is 0 Å². The van der Waals surface area contributed by atoms with Gasteiger partial charge >= 0.3 is 13.6 Å². The average molecular weight is 216 g/mol. The Labute approximate surface area is 80.5 Å². The molecule has 0 amide bonds. The average Bonchev–Trinajstić information content (AvgIpc) is 2.18. The van der Waals surface area contributed by atoms with Crippen molar-refractivity contribution in [3.8, 4) is 0 Å². The van der Waals surface area contributed by atoms with Crippen molar-refractivity contribution < 1.29 is 23.9 Å². The van der Waals surface area contributed by atoms with E-state index in [1.54, 1.807) is 0 Å². The standard InChI is InChI=1S/C8H9O5P/c1-13-14(11,12)7-4-2-6(3-5-7)8(9)10/h2-5H,1H3,(H,9,10)(H,11,12). The minimum Gasteiger partial charge on any atom is -0.478 e. The monoisotopic (exact) mass is 216 g/mol. The lowest BCUT2D eigenvalue weighted by Gasteiger charge is -2.08. The van der Waals surface area contributed by atoms with Crippen molar-refractivity contribution in [3.63, 3.8) is 0 Å². The molecule has 1 atom stereocenters. The second kappa shape index (κ2) is 3.92. The Kier molecular flexibility index (Phi) is 3.06. The zero-order chi connectivity index (χ0) is 10.8. The third-order valence-electron chi connectivity index (χ3n) is 1.69. The second-order valence-corrected chi connectivity index (χ2v) is 4.48. The van der Waals surface area contributed by atoms with Crippen LogP contribution in [0.1, 0.15) is 10.4 Å². The smallest absolute Gasteiger partial charge is 0.358 e. The third-order valence-corrected chi connectivity index (χ3v) is 3.13. The summed E-state index contributed by atoms with van der Waals surface area (Å²) in [4.78, 5) is 19.7. The van der Waals surface area contributed by atoms with Gasteiger partial charge in [-0.2, -0.15) is 0 Å². The Hall–Kier alpha value is -1.16. The molecule has 1 aromatic rings. The van der Waals surface area contributed by atoms with Gasteiger partial charge in [0.05, 0.1) is 10.9 Å². The van der Waals surface area contributed by atoms with E-state index in [-0.39, 0.29) is 10.9 Å². The minimum atomic E-state index is -3.77. The summed E-state index contributed by atoms with van der Waals surface area (Å²) >= 11 is 0.